The van der Waals surface area contributed by atoms with Crippen LogP contribution in [0.2, 0.25) is 0 Å². The highest BCUT2D eigenvalue weighted by Gasteiger charge is 2.31. The minimum atomic E-state index is -4.83. The van der Waals surface area contributed by atoms with E-state index in [0.29, 0.717) is 26.1 Å². The normalized spacial score (nSPS) is 11.2. The summed E-state index contributed by atoms with van der Waals surface area (Å²) in [5.74, 6) is -1.24. The molecule has 6 nitrogen and oxygen atoms in total. The quantitative estimate of drug-likeness (QED) is 0.345. The number of hydrogen-bond donors (Lipinski definition) is 1. The first-order valence-corrected chi connectivity index (χ1v) is 9.78. The molecule has 2 aromatic rings. The Morgan fingerprint density at radius 1 is 1.26 bits per heavy atom. The first kappa shape index (κ1) is 21.4. The standard InChI is InChI=1S/C16H14F3IN2O4S/c1-8(23)21-15-22-14(13(27-15)7-25-9(2)24)11-3-10(6-20)4-12(5-11)26-16(17,18)19/h3-5H,6-7H2,1-2H3,(H,21,22,23). The molecule has 0 unspecified atom stereocenters. The van der Waals surface area contributed by atoms with Crippen molar-refractivity contribution in [1.29, 1.82) is 0 Å². The summed E-state index contributed by atoms with van der Waals surface area (Å²) in [6.45, 7) is 2.42. The number of rotatable bonds is 6. The lowest BCUT2D eigenvalue weighted by Gasteiger charge is -2.12. The van der Waals surface area contributed by atoms with Crippen LogP contribution in [0, 0.1) is 0 Å². The number of nitrogens with zero attached hydrogens (tertiary/aromatic N) is 1. The number of aromatic nitrogens is 1. The van der Waals surface area contributed by atoms with E-state index in [2.05, 4.69) is 15.0 Å². The molecular weight excluding hydrogens is 500 g/mol. The average Bonchev–Trinajstić information content (AvgIpc) is 2.92. The largest absolute Gasteiger partial charge is 0.573 e. The molecule has 0 atom stereocenters. The fraction of sp³-hybridized carbons (Fsp3) is 0.312. The van der Waals surface area contributed by atoms with Gasteiger partial charge in [0.15, 0.2) is 5.13 Å². The summed E-state index contributed by atoms with van der Waals surface area (Å²) in [6.07, 6.45) is -4.83. The molecule has 11 heteroatoms. The van der Waals surface area contributed by atoms with Crippen LogP contribution < -0.4 is 10.1 Å². The van der Waals surface area contributed by atoms with Crippen LogP contribution in [0.4, 0.5) is 18.3 Å². The van der Waals surface area contributed by atoms with Crippen molar-refractivity contribution in [3.05, 3.63) is 28.6 Å². The van der Waals surface area contributed by atoms with E-state index in [-0.39, 0.29) is 23.4 Å². The first-order valence-electron chi connectivity index (χ1n) is 7.44. The van der Waals surface area contributed by atoms with E-state index in [1.165, 1.54) is 26.0 Å². The highest BCUT2D eigenvalue weighted by Crippen LogP contribution is 2.36. The summed E-state index contributed by atoms with van der Waals surface area (Å²) >= 11 is 3.09. The zero-order valence-electron chi connectivity index (χ0n) is 14.1. The number of ether oxygens (including phenoxy) is 2. The monoisotopic (exact) mass is 514 g/mol. The molecule has 0 bridgehead atoms. The molecule has 0 spiro atoms. The molecule has 0 radical (unpaired) electrons. The van der Waals surface area contributed by atoms with Gasteiger partial charge < -0.3 is 14.8 Å². The van der Waals surface area contributed by atoms with Gasteiger partial charge in [-0.2, -0.15) is 0 Å². The molecule has 0 saturated carbocycles. The van der Waals surface area contributed by atoms with Crippen molar-refractivity contribution in [2.45, 2.75) is 31.2 Å². The van der Waals surface area contributed by atoms with Crippen LogP contribution in [0.5, 0.6) is 5.75 Å². The molecule has 0 aliphatic carbocycles. The number of benzene rings is 1. The smallest absolute Gasteiger partial charge is 0.460 e. The van der Waals surface area contributed by atoms with Gasteiger partial charge in [0, 0.05) is 23.8 Å². The number of thiazole rings is 1. The van der Waals surface area contributed by atoms with Crippen molar-refractivity contribution in [2.24, 2.45) is 0 Å². The predicted octanol–water partition coefficient (Wildman–Crippen LogP) is 4.67. The predicted molar refractivity (Wildman–Crippen MR) is 102 cm³/mol. The number of nitrogens with one attached hydrogen (secondary N) is 1. The molecule has 0 fully saturated rings. The summed E-state index contributed by atoms with van der Waals surface area (Å²) < 4.78 is 47.3. The second-order valence-electron chi connectivity index (χ2n) is 5.30. The molecule has 0 aliphatic heterocycles. The minimum Gasteiger partial charge on any atom is -0.460 e. The lowest BCUT2D eigenvalue weighted by atomic mass is 10.1. The summed E-state index contributed by atoms with van der Waals surface area (Å²) in [5.41, 5.74) is 1.27. The SMILES string of the molecule is CC(=O)Nc1nc(-c2cc(CI)cc(OC(F)(F)F)c2)c(COC(C)=O)s1. The molecule has 146 valence electrons. The van der Waals surface area contributed by atoms with E-state index in [0.717, 1.165) is 11.3 Å². The molecule has 0 saturated heterocycles. The lowest BCUT2D eigenvalue weighted by Crippen LogP contribution is -2.17. The number of alkyl halides is 4. The van der Waals surface area contributed by atoms with Gasteiger partial charge >= 0.3 is 12.3 Å². The summed E-state index contributed by atoms with van der Waals surface area (Å²) in [5, 5.41) is 2.77. The highest BCUT2D eigenvalue weighted by atomic mass is 127. The van der Waals surface area contributed by atoms with E-state index < -0.39 is 12.3 Å². The summed E-state index contributed by atoms with van der Waals surface area (Å²) in [7, 11) is 0. The molecule has 0 aliphatic rings. The van der Waals surface area contributed by atoms with Gasteiger partial charge in [0.25, 0.3) is 0 Å². The van der Waals surface area contributed by atoms with Crippen LogP contribution in [0.15, 0.2) is 18.2 Å². The minimum absolute atomic E-state index is 0.119. The molecule has 1 N–H and O–H groups in total. The Hall–Kier alpha value is -1.89. The van der Waals surface area contributed by atoms with Gasteiger partial charge in [0.05, 0.1) is 10.6 Å². The Morgan fingerprint density at radius 2 is 1.96 bits per heavy atom. The second kappa shape index (κ2) is 8.87. The Morgan fingerprint density at radius 3 is 2.52 bits per heavy atom. The molecule has 1 aromatic heterocycles. The molecular formula is C16H14F3IN2O4S. The summed E-state index contributed by atoms with van der Waals surface area (Å²) in [4.78, 5) is 27.1. The van der Waals surface area contributed by atoms with E-state index in [1.54, 1.807) is 6.07 Å². The average molecular weight is 514 g/mol. The third-order valence-corrected chi connectivity index (χ3v) is 4.84. The number of anilines is 1. The third-order valence-electron chi connectivity index (χ3n) is 3.01. The number of carbonyl (C=O) groups excluding carboxylic acids is 2. The lowest BCUT2D eigenvalue weighted by molar-refractivity contribution is -0.274. The van der Waals surface area contributed by atoms with E-state index >= 15 is 0 Å². The van der Waals surface area contributed by atoms with E-state index in [1.807, 2.05) is 22.6 Å². The molecule has 27 heavy (non-hydrogen) atoms. The molecule has 2 rings (SSSR count). The van der Waals surface area contributed by atoms with E-state index in [4.69, 9.17) is 4.74 Å². The number of halogens is 4. The fourth-order valence-corrected chi connectivity index (χ4v) is 3.50. The van der Waals surface area contributed by atoms with Crippen molar-refractivity contribution >= 4 is 50.9 Å². The maximum Gasteiger partial charge on any atom is 0.573 e. The molecule has 1 aromatic carbocycles. The van der Waals surface area contributed by atoms with Crippen LogP contribution in [-0.4, -0.2) is 23.2 Å². The van der Waals surface area contributed by atoms with Crippen molar-refractivity contribution in [3.8, 4) is 17.0 Å². The van der Waals surface area contributed by atoms with Gasteiger partial charge in [0.2, 0.25) is 5.91 Å². The van der Waals surface area contributed by atoms with Gasteiger partial charge in [-0.3, -0.25) is 9.59 Å². The Kier molecular flexibility index (Phi) is 7.03. The van der Waals surface area contributed by atoms with Crippen molar-refractivity contribution < 1.29 is 32.2 Å². The first-order chi connectivity index (χ1) is 12.6. The van der Waals surface area contributed by atoms with Crippen molar-refractivity contribution in [2.75, 3.05) is 5.32 Å². The number of hydrogen-bond acceptors (Lipinski definition) is 6. The second-order valence-corrected chi connectivity index (χ2v) is 7.15. The Bertz CT molecular complexity index is 855. The van der Waals surface area contributed by atoms with Gasteiger partial charge in [-0.1, -0.05) is 33.9 Å². The molecule has 1 amide bonds. The van der Waals surface area contributed by atoms with Gasteiger partial charge in [0.1, 0.15) is 12.4 Å². The van der Waals surface area contributed by atoms with Crippen LogP contribution in [-0.2, 0) is 25.4 Å². The molecule has 1 heterocycles. The third kappa shape index (κ3) is 6.65. The zero-order valence-corrected chi connectivity index (χ0v) is 17.1. The van der Waals surface area contributed by atoms with E-state index in [9.17, 15) is 22.8 Å². The maximum absolute atomic E-state index is 12.6. The zero-order chi connectivity index (χ0) is 20.2. The van der Waals surface area contributed by atoms with Gasteiger partial charge in [-0.15, -0.1) is 13.2 Å². The topological polar surface area (TPSA) is 77.5 Å². The van der Waals surface area contributed by atoms with Gasteiger partial charge in [-0.05, 0) is 23.8 Å². The number of amides is 1. The fourth-order valence-electron chi connectivity index (χ4n) is 2.11. The van der Waals surface area contributed by atoms with Crippen molar-refractivity contribution in [1.82, 2.24) is 4.98 Å². The Labute approximate surface area is 170 Å². The highest BCUT2D eigenvalue weighted by molar-refractivity contribution is 14.1. The summed E-state index contributed by atoms with van der Waals surface area (Å²) in [6, 6.07) is 4.16. The van der Waals surface area contributed by atoms with Crippen LogP contribution in [0.3, 0.4) is 0 Å². The Balaban J connectivity index is 2.50. The van der Waals surface area contributed by atoms with Crippen LogP contribution in [0.25, 0.3) is 11.3 Å². The van der Waals surface area contributed by atoms with Crippen molar-refractivity contribution in [3.63, 3.8) is 0 Å². The number of esters is 1. The van der Waals surface area contributed by atoms with Gasteiger partial charge in [-0.25, -0.2) is 4.98 Å². The van der Waals surface area contributed by atoms with Crippen LogP contribution in [0.1, 0.15) is 24.3 Å². The number of carbonyl (C=O) groups is 2. The van der Waals surface area contributed by atoms with Crippen LogP contribution >= 0.6 is 33.9 Å². The maximum atomic E-state index is 12.6.